The Kier molecular flexibility index (Phi) is 4.14. The van der Waals surface area contributed by atoms with Gasteiger partial charge in [0, 0.05) is 12.6 Å². The molecule has 0 aromatic heterocycles. The number of nitrogens with zero attached hydrogens (tertiary/aromatic N) is 1. The summed E-state index contributed by atoms with van der Waals surface area (Å²) in [7, 11) is 0. The second-order valence-corrected chi connectivity index (χ2v) is 2.40. The Morgan fingerprint density at radius 1 is 1.80 bits per heavy atom. The summed E-state index contributed by atoms with van der Waals surface area (Å²) in [5.74, 6) is 0.864. The van der Waals surface area contributed by atoms with Gasteiger partial charge in [0.25, 0.3) is 0 Å². The Bertz CT molecular complexity index is 153. The Hall–Kier alpha value is -1.17. The molecule has 0 radical (unpaired) electrons. The van der Waals surface area contributed by atoms with Crippen LogP contribution in [0.4, 0.5) is 0 Å². The average Bonchev–Trinajstić information content (AvgIpc) is 1.85. The molecule has 0 aromatic carbocycles. The zero-order chi connectivity index (χ0) is 7.98. The quantitative estimate of drug-likeness (QED) is 0.325. The topological polar surface area (TPSA) is 50.4 Å². The number of hydrogen-bond donors (Lipinski definition) is 2. The van der Waals surface area contributed by atoms with E-state index >= 15 is 0 Å². The van der Waals surface area contributed by atoms with E-state index in [2.05, 4.69) is 30.2 Å². The Morgan fingerprint density at radius 3 is 2.80 bits per heavy atom. The summed E-state index contributed by atoms with van der Waals surface area (Å²) in [4.78, 5) is 3.51. The maximum absolute atomic E-state index is 5.33. The molecule has 3 heteroatoms. The van der Waals surface area contributed by atoms with Gasteiger partial charge in [-0.1, -0.05) is 20.3 Å². The fourth-order valence-corrected chi connectivity index (χ4v) is 0.418. The summed E-state index contributed by atoms with van der Waals surface area (Å²) in [5, 5.41) is 2.87. The molecule has 10 heavy (non-hydrogen) atoms. The van der Waals surface area contributed by atoms with Crippen molar-refractivity contribution in [2.45, 2.75) is 13.8 Å². The number of terminal acetylenes is 1. The van der Waals surface area contributed by atoms with Gasteiger partial charge in [0.2, 0.25) is 5.96 Å². The van der Waals surface area contributed by atoms with Crippen LogP contribution in [0, 0.1) is 18.4 Å². The zero-order valence-corrected chi connectivity index (χ0v) is 6.39. The molecule has 0 unspecified atom stereocenters. The van der Waals surface area contributed by atoms with E-state index in [0.717, 1.165) is 6.54 Å². The SMILES string of the molecule is C#C/N=C(\N)NCC(C)C. The third-order valence-electron chi connectivity index (χ3n) is 0.876. The van der Waals surface area contributed by atoms with Gasteiger partial charge >= 0.3 is 0 Å². The number of rotatable bonds is 2. The van der Waals surface area contributed by atoms with E-state index in [1.165, 1.54) is 0 Å². The first-order valence-corrected chi connectivity index (χ1v) is 3.19. The van der Waals surface area contributed by atoms with Gasteiger partial charge in [0.15, 0.2) is 0 Å². The van der Waals surface area contributed by atoms with E-state index in [-0.39, 0.29) is 0 Å². The van der Waals surface area contributed by atoms with Crippen LogP contribution in [0.25, 0.3) is 0 Å². The maximum atomic E-state index is 5.33. The summed E-state index contributed by atoms with van der Waals surface area (Å²) in [6, 6.07) is 2.09. The number of aliphatic imine (C=N–C) groups is 1. The lowest BCUT2D eigenvalue weighted by Gasteiger charge is -2.05. The monoisotopic (exact) mass is 139 g/mol. The molecule has 0 atom stereocenters. The molecule has 56 valence electrons. The molecule has 0 fully saturated rings. The molecule has 0 aliphatic heterocycles. The average molecular weight is 139 g/mol. The second kappa shape index (κ2) is 4.68. The Morgan fingerprint density at radius 2 is 2.40 bits per heavy atom. The molecule has 3 nitrogen and oxygen atoms in total. The first-order chi connectivity index (χ1) is 4.66. The molecule has 0 heterocycles. The van der Waals surface area contributed by atoms with Gasteiger partial charge in [-0.05, 0) is 5.92 Å². The van der Waals surface area contributed by atoms with Gasteiger partial charge in [-0.2, -0.15) is 4.99 Å². The fourth-order valence-electron chi connectivity index (χ4n) is 0.418. The van der Waals surface area contributed by atoms with Gasteiger partial charge < -0.3 is 11.1 Å². The van der Waals surface area contributed by atoms with E-state index in [0.29, 0.717) is 11.9 Å². The summed E-state index contributed by atoms with van der Waals surface area (Å²) in [6.07, 6.45) is 4.88. The van der Waals surface area contributed by atoms with Crippen molar-refractivity contribution in [1.82, 2.24) is 5.32 Å². The molecule has 0 saturated heterocycles. The first-order valence-electron chi connectivity index (χ1n) is 3.19. The van der Waals surface area contributed by atoms with E-state index in [4.69, 9.17) is 12.2 Å². The predicted octanol–water partition coefficient (Wildman–Crippen LogP) is 0.137. The van der Waals surface area contributed by atoms with Crippen LogP contribution in [0.15, 0.2) is 4.99 Å². The zero-order valence-electron chi connectivity index (χ0n) is 6.39. The molecular formula is C7H13N3. The minimum atomic E-state index is 0.316. The van der Waals surface area contributed by atoms with E-state index in [1.807, 2.05) is 0 Å². The lowest BCUT2D eigenvalue weighted by atomic mass is 10.2. The lowest BCUT2D eigenvalue weighted by Crippen LogP contribution is -2.33. The smallest absolute Gasteiger partial charge is 0.202 e. The van der Waals surface area contributed by atoms with Crippen molar-refractivity contribution in [3.05, 3.63) is 0 Å². The number of nitrogens with one attached hydrogen (secondary N) is 1. The highest BCUT2D eigenvalue weighted by atomic mass is 15.1. The van der Waals surface area contributed by atoms with Crippen LogP contribution in [0.3, 0.4) is 0 Å². The van der Waals surface area contributed by atoms with Crippen molar-refractivity contribution >= 4 is 5.96 Å². The summed E-state index contributed by atoms with van der Waals surface area (Å²) in [5.41, 5.74) is 5.33. The molecule has 0 aliphatic rings. The van der Waals surface area contributed by atoms with Gasteiger partial charge in [-0.15, -0.1) is 0 Å². The molecule has 0 bridgehead atoms. The van der Waals surface area contributed by atoms with E-state index in [1.54, 1.807) is 0 Å². The van der Waals surface area contributed by atoms with Crippen LogP contribution in [-0.4, -0.2) is 12.5 Å². The van der Waals surface area contributed by atoms with Crippen LogP contribution in [0.5, 0.6) is 0 Å². The number of guanidine groups is 1. The largest absolute Gasteiger partial charge is 0.369 e. The normalized spacial score (nSPS) is 11.2. The van der Waals surface area contributed by atoms with Crippen LogP contribution in [0.1, 0.15) is 13.8 Å². The highest BCUT2D eigenvalue weighted by molar-refractivity contribution is 5.78. The molecule has 0 saturated carbocycles. The van der Waals surface area contributed by atoms with Crippen LogP contribution in [-0.2, 0) is 0 Å². The number of hydrogen-bond acceptors (Lipinski definition) is 1. The molecule has 0 amide bonds. The van der Waals surface area contributed by atoms with Crippen molar-refractivity contribution in [3.8, 4) is 12.5 Å². The second-order valence-electron chi connectivity index (χ2n) is 2.40. The van der Waals surface area contributed by atoms with E-state index in [9.17, 15) is 0 Å². The van der Waals surface area contributed by atoms with Crippen molar-refractivity contribution < 1.29 is 0 Å². The van der Waals surface area contributed by atoms with Gasteiger partial charge in [0.1, 0.15) is 0 Å². The van der Waals surface area contributed by atoms with E-state index < -0.39 is 0 Å². The van der Waals surface area contributed by atoms with Crippen molar-refractivity contribution in [2.75, 3.05) is 6.54 Å². The molecular weight excluding hydrogens is 126 g/mol. The molecule has 0 rings (SSSR count). The van der Waals surface area contributed by atoms with Crippen molar-refractivity contribution in [2.24, 2.45) is 16.6 Å². The minimum absolute atomic E-state index is 0.316. The number of nitrogens with two attached hydrogens (primary N) is 1. The van der Waals surface area contributed by atoms with Crippen LogP contribution in [0.2, 0.25) is 0 Å². The molecule has 0 aromatic rings. The minimum Gasteiger partial charge on any atom is -0.369 e. The van der Waals surface area contributed by atoms with Crippen LogP contribution >= 0.6 is 0 Å². The highest BCUT2D eigenvalue weighted by Crippen LogP contribution is 1.85. The molecule has 3 N–H and O–H groups in total. The summed E-state index contributed by atoms with van der Waals surface area (Å²) in [6.45, 7) is 4.96. The predicted molar refractivity (Wildman–Crippen MR) is 43.3 cm³/mol. The fraction of sp³-hybridized carbons (Fsp3) is 0.571. The summed E-state index contributed by atoms with van der Waals surface area (Å²) >= 11 is 0. The maximum Gasteiger partial charge on any atom is 0.202 e. The standard InChI is InChI=1S/C7H13N3/c1-4-9-7(8)10-5-6(2)3/h1,6H,5H2,2-3H3,(H3,8,9,10). The van der Waals surface area contributed by atoms with Gasteiger partial charge in [-0.3, -0.25) is 0 Å². The third kappa shape index (κ3) is 4.98. The van der Waals surface area contributed by atoms with Crippen molar-refractivity contribution in [1.29, 1.82) is 0 Å². The third-order valence-corrected chi connectivity index (χ3v) is 0.876. The first kappa shape index (κ1) is 8.83. The Balaban J connectivity index is 3.51. The lowest BCUT2D eigenvalue weighted by molar-refractivity contribution is 0.623. The summed E-state index contributed by atoms with van der Waals surface area (Å²) < 4.78 is 0. The Labute approximate surface area is 61.7 Å². The van der Waals surface area contributed by atoms with Gasteiger partial charge in [-0.25, -0.2) is 0 Å². The van der Waals surface area contributed by atoms with Crippen LogP contribution < -0.4 is 11.1 Å². The molecule has 0 spiro atoms. The van der Waals surface area contributed by atoms with Crippen molar-refractivity contribution in [3.63, 3.8) is 0 Å². The molecule has 0 aliphatic carbocycles. The highest BCUT2D eigenvalue weighted by Gasteiger charge is 1.92. The van der Waals surface area contributed by atoms with Gasteiger partial charge in [0.05, 0.1) is 0 Å².